The number of pyridine rings is 1. The second-order valence-corrected chi connectivity index (χ2v) is 13.7. The van der Waals surface area contributed by atoms with Gasteiger partial charge in [-0.2, -0.15) is 9.97 Å². The van der Waals surface area contributed by atoms with Gasteiger partial charge in [-0.3, -0.25) is 4.57 Å². The Bertz CT molecular complexity index is 3160. The van der Waals surface area contributed by atoms with Gasteiger partial charge in [-0.25, -0.2) is 9.97 Å². The van der Waals surface area contributed by atoms with Gasteiger partial charge in [0.1, 0.15) is 5.58 Å². The Morgan fingerprint density at radius 2 is 1.24 bits per heavy atom. The number of hydrogen-bond acceptors (Lipinski definition) is 6. The van der Waals surface area contributed by atoms with Crippen molar-refractivity contribution in [1.82, 2.24) is 24.5 Å². The Labute approximate surface area is 294 Å². The number of fused-ring (bicyclic) bond motifs is 9. The fraction of sp³-hybridized carbons (Fsp3) is 0. The van der Waals surface area contributed by atoms with Gasteiger partial charge in [0.2, 0.25) is 11.7 Å². The number of benzene rings is 6. The van der Waals surface area contributed by atoms with Crippen LogP contribution >= 0.6 is 11.3 Å². The molecule has 5 heterocycles. The summed E-state index contributed by atoms with van der Waals surface area (Å²) in [6.45, 7) is 0. The highest BCUT2D eigenvalue weighted by Gasteiger charge is 2.20. The second-order valence-electron chi connectivity index (χ2n) is 12.7. The smallest absolute Gasteiger partial charge is 0.238 e. The Hall–Kier alpha value is -6.70. The van der Waals surface area contributed by atoms with Crippen LogP contribution in [0.1, 0.15) is 0 Å². The average Bonchev–Trinajstić information content (AvgIpc) is 3.87. The molecule has 0 bridgehead atoms. The molecule has 11 aromatic rings. The summed E-state index contributed by atoms with van der Waals surface area (Å²) in [7, 11) is 0. The van der Waals surface area contributed by atoms with Crippen molar-refractivity contribution < 1.29 is 4.42 Å². The summed E-state index contributed by atoms with van der Waals surface area (Å²) < 4.78 is 10.9. The van der Waals surface area contributed by atoms with Crippen LogP contribution < -0.4 is 0 Å². The summed E-state index contributed by atoms with van der Waals surface area (Å²) in [5.74, 6) is 1.71. The Kier molecular flexibility index (Phi) is 6.02. The largest absolute Gasteiger partial charge is 0.438 e. The van der Waals surface area contributed by atoms with Crippen molar-refractivity contribution in [3.8, 4) is 39.9 Å². The molecule has 0 fully saturated rings. The van der Waals surface area contributed by atoms with Crippen LogP contribution in [0.25, 0.3) is 104 Å². The third-order valence-electron chi connectivity index (χ3n) is 9.75. The second kappa shape index (κ2) is 10.9. The van der Waals surface area contributed by atoms with Gasteiger partial charge in [0, 0.05) is 59.0 Å². The first-order valence-corrected chi connectivity index (χ1v) is 17.6. The fourth-order valence-electron chi connectivity index (χ4n) is 7.39. The molecule has 7 heteroatoms. The number of para-hydroxylation sites is 1. The topological polar surface area (TPSA) is 69.6 Å². The predicted molar refractivity (Wildman–Crippen MR) is 208 cm³/mol. The average molecular weight is 672 g/mol. The van der Waals surface area contributed by atoms with Crippen LogP contribution in [0.5, 0.6) is 0 Å². The molecule has 0 aliphatic carbocycles. The van der Waals surface area contributed by atoms with Crippen LogP contribution in [-0.4, -0.2) is 24.5 Å². The van der Waals surface area contributed by atoms with Crippen molar-refractivity contribution in [2.45, 2.75) is 0 Å². The van der Waals surface area contributed by atoms with Gasteiger partial charge in [-0.05, 0) is 59.7 Å². The van der Waals surface area contributed by atoms with Gasteiger partial charge >= 0.3 is 0 Å². The molecule has 0 aliphatic heterocycles. The van der Waals surface area contributed by atoms with E-state index in [4.69, 9.17) is 19.4 Å². The van der Waals surface area contributed by atoms with Crippen molar-refractivity contribution in [1.29, 1.82) is 0 Å². The number of rotatable bonds is 4. The van der Waals surface area contributed by atoms with Crippen molar-refractivity contribution in [2.75, 3.05) is 0 Å². The zero-order chi connectivity index (χ0) is 33.5. The minimum absolute atomic E-state index is 0.552. The Morgan fingerprint density at radius 1 is 0.490 bits per heavy atom. The fourth-order valence-corrected chi connectivity index (χ4v) is 8.63. The lowest BCUT2D eigenvalue weighted by atomic mass is 10.0. The molecule has 0 amide bonds. The van der Waals surface area contributed by atoms with Gasteiger partial charge in [-0.15, -0.1) is 11.3 Å². The highest BCUT2D eigenvalue weighted by molar-refractivity contribution is 7.26. The Balaban J connectivity index is 1.14. The SMILES string of the molecule is c1ccc(-c2nc(-c3ccc4c(c3)oc3ncccc34)nc(-n3c4ccccc4c4cc(-c5cccc6c5sc5ccccc56)ccc43)n2)cc1. The van der Waals surface area contributed by atoms with E-state index in [1.54, 1.807) is 6.20 Å². The summed E-state index contributed by atoms with van der Waals surface area (Å²) in [6, 6.07) is 50.6. The van der Waals surface area contributed by atoms with Gasteiger partial charge in [0.05, 0.1) is 11.0 Å². The zero-order valence-corrected chi connectivity index (χ0v) is 27.8. The van der Waals surface area contributed by atoms with Gasteiger partial charge in [0.15, 0.2) is 11.6 Å². The predicted octanol–water partition coefficient (Wildman–Crippen LogP) is 11.6. The highest BCUT2D eigenvalue weighted by Crippen LogP contribution is 2.42. The third kappa shape index (κ3) is 4.35. The lowest BCUT2D eigenvalue weighted by molar-refractivity contribution is 0.654. The number of furan rings is 1. The van der Waals surface area contributed by atoms with Crippen molar-refractivity contribution in [3.63, 3.8) is 0 Å². The molecule has 0 saturated carbocycles. The van der Waals surface area contributed by atoms with Gasteiger partial charge < -0.3 is 4.42 Å². The quantitative estimate of drug-likeness (QED) is 0.186. The third-order valence-corrected chi connectivity index (χ3v) is 11.0. The molecule has 0 N–H and O–H groups in total. The lowest BCUT2D eigenvalue weighted by Gasteiger charge is -2.11. The zero-order valence-electron chi connectivity index (χ0n) is 27.0. The van der Waals surface area contributed by atoms with Crippen LogP contribution in [0.15, 0.2) is 156 Å². The molecule has 51 heavy (non-hydrogen) atoms. The molecule has 0 spiro atoms. The van der Waals surface area contributed by atoms with Crippen LogP contribution in [0.3, 0.4) is 0 Å². The van der Waals surface area contributed by atoms with Crippen LogP contribution in [-0.2, 0) is 0 Å². The standard InChI is InChI=1S/C44H25N5OS/c1-2-10-26(11-3-1)41-46-42(28-19-21-31-34-16-9-23-45-43(34)50-38(31)25-28)48-44(47-41)49-36-17-6-4-12-30(36)35-24-27(20-22-37(35)49)29-14-8-15-33-32-13-5-7-18-39(32)51-40(29)33/h1-25H. The maximum Gasteiger partial charge on any atom is 0.238 e. The first-order chi connectivity index (χ1) is 25.3. The van der Waals surface area contributed by atoms with Crippen molar-refractivity contribution in [2.24, 2.45) is 0 Å². The summed E-state index contributed by atoms with van der Waals surface area (Å²) in [6.07, 6.45) is 1.75. The van der Waals surface area contributed by atoms with E-state index in [1.165, 1.54) is 31.3 Å². The monoisotopic (exact) mass is 671 g/mol. The molecular formula is C44H25N5OS. The minimum atomic E-state index is 0.552. The molecule has 0 atom stereocenters. The molecule has 0 aliphatic rings. The molecule has 238 valence electrons. The van der Waals surface area contributed by atoms with E-state index in [0.717, 1.165) is 49.3 Å². The number of thiophene rings is 1. The molecular weight excluding hydrogens is 647 g/mol. The first-order valence-electron chi connectivity index (χ1n) is 16.8. The van der Waals surface area contributed by atoms with Gasteiger partial charge in [0.25, 0.3) is 0 Å². The summed E-state index contributed by atoms with van der Waals surface area (Å²) in [5.41, 5.74) is 7.56. The van der Waals surface area contributed by atoms with Gasteiger partial charge in [-0.1, -0.05) is 97.1 Å². The molecule has 0 radical (unpaired) electrons. The normalized spacial score (nSPS) is 11.9. The molecule has 6 aromatic carbocycles. The molecule has 11 rings (SSSR count). The van der Waals surface area contributed by atoms with Crippen LogP contribution in [0.2, 0.25) is 0 Å². The van der Waals surface area contributed by atoms with Crippen molar-refractivity contribution in [3.05, 3.63) is 152 Å². The van der Waals surface area contributed by atoms with E-state index >= 15 is 0 Å². The van der Waals surface area contributed by atoms with E-state index in [9.17, 15) is 0 Å². The van der Waals surface area contributed by atoms with Crippen molar-refractivity contribution >= 4 is 75.4 Å². The molecule has 0 saturated heterocycles. The van der Waals surface area contributed by atoms with Crippen LogP contribution in [0, 0.1) is 0 Å². The maximum absolute atomic E-state index is 6.15. The summed E-state index contributed by atoms with van der Waals surface area (Å²) in [5, 5.41) is 6.85. The van der Waals surface area contributed by atoms with E-state index in [2.05, 4.69) is 101 Å². The molecule has 0 unspecified atom stereocenters. The minimum Gasteiger partial charge on any atom is -0.438 e. The first kappa shape index (κ1) is 28.2. The lowest BCUT2D eigenvalue weighted by Crippen LogP contribution is -2.06. The highest BCUT2D eigenvalue weighted by atomic mass is 32.1. The van der Waals surface area contributed by atoms with E-state index < -0.39 is 0 Å². The summed E-state index contributed by atoms with van der Waals surface area (Å²) in [4.78, 5) is 19.7. The molecule has 5 aromatic heterocycles. The molecule has 6 nitrogen and oxygen atoms in total. The van der Waals surface area contributed by atoms with E-state index in [1.807, 2.05) is 65.9 Å². The number of nitrogens with zero attached hydrogens (tertiary/aromatic N) is 5. The number of hydrogen-bond donors (Lipinski definition) is 0. The van der Waals surface area contributed by atoms with E-state index in [0.29, 0.717) is 23.3 Å². The maximum atomic E-state index is 6.15. The van der Waals surface area contributed by atoms with Crippen LogP contribution in [0.4, 0.5) is 0 Å². The Morgan fingerprint density at radius 3 is 2.16 bits per heavy atom. The van der Waals surface area contributed by atoms with E-state index in [-0.39, 0.29) is 0 Å². The number of aromatic nitrogens is 5. The summed E-state index contributed by atoms with van der Waals surface area (Å²) >= 11 is 1.85.